The van der Waals surface area contributed by atoms with E-state index < -0.39 is 5.60 Å². The number of fused-ring (bicyclic) bond motifs is 1. The molecule has 0 radical (unpaired) electrons. The zero-order valence-corrected chi connectivity index (χ0v) is 17.9. The molecule has 0 aliphatic heterocycles. The Morgan fingerprint density at radius 2 is 1.93 bits per heavy atom. The Balaban J connectivity index is 1.70. The summed E-state index contributed by atoms with van der Waals surface area (Å²) in [6.07, 6.45) is 9.81. The maximum Gasteiger partial charge on any atom is 0.129 e. The van der Waals surface area contributed by atoms with Crippen molar-refractivity contribution in [1.82, 2.24) is 0 Å². The van der Waals surface area contributed by atoms with Gasteiger partial charge in [0.25, 0.3) is 0 Å². The molecule has 4 atom stereocenters. The molecule has 28 heavy (non-hydrogen) atoms. The molecular weight excluding hydrogens is 366 g/mol. The lowest BCUT2D eigenvalue weighted by molar-refractivity contribution is -0.185. The van der Waals surface area contributed by atoms with Gasteiger partial charge < -0.3 is 15.9 Å². The summed E-state index contributed by atoms with van der Waals surface area (Å²) in [6.45, 7) is 4.63. The Morgan fingerprint density at radius 1 is 1.18 bits per heavy atom. The molecule has 0 aromatic heterocycles. The van der Waals surface area contributed by atoms with E-state index >= 15 is 0 Å². The number of rotatable bonds is 3. The molecular formula is C24H33NO2S. The Kier molecular flexibility index (Phi) is 4.01. The zero-order valence-electron chi connectivity index (χ0n) is 17.1. The molecule has 0 saturated heterocycles. The lowest BCUT2D eigenvalue weighted by Crippen LogP contribution is -2.67. The standard InChI is InChI=1S/C24H33NO2S/c1-22(2)9-10-24(27)18-12-16-5-6-17(21(25)28)20(26)19(16)23(24,13-22)8-7-15(18)11-14-3-4-14/h5-6,14-15,18,26-27H,3-4,7-13H2,1-2H3,(H2,25,28)/t15?,18-,23?,24+/m0/s1. The number of hydrogen-bond acceptors (Lipinski definition) is 3. The van der Waals surface area contributed by atoms with Gasteiger partial charge in [-0.05, 0) is 79.7 Å². The highest BCUT2D eigenvalue weighted by Crippen LogP contribution is 2.67. The number of hydrogen-bond donors (Lipinski definition) is 3. The van der Waals surface area contributed by atoms with Gasteiger partial charge in [-0.25, -0.2) is 0 Å². The summed E-state index contributed by atoms with van der Waals surface area (Å²) in [4.78, 5) is 0.236. The molecule has 0 amide bonds. The van der Waals surface area contributed by atoms with Crippen molar-refractivity contribution in [2.45, 2.75) is 82.7 Å². The van der Waals surface area contributed by atoms with E-state index in [9.17, 15) is 10.2 Å². The van der Waals surface area contributed by atoms with Gasteiger partial charge in [0.05, 0.1) is 11.2 Å². The first-order valence-corrected chi connectivity index (χ1v) is 11.5. The molecule has 1 aromatic rings. The normalized spacial score (nSPS) is 38.4. The number of benzene rings is 1. The van der Waals surface area contributed by atoms with Gasteiger partial charge in [-0.1, -0.05) is 45.0 Å². The number of phenolic OH excluding ortho intramolecular Hbond substituents is 1. The van der Waals surface area contributed by atoms with Crippen LogP contribution in [0.3, 0.4) is 0 Å². The maximum absolute atomic E-state index is 12.3. The smallest absolute Gasteiger partial charge is 0.129 e. The Morgan fingerprint density at radius 3 is 2.61 bits per heavy atom. The van der Waals surface area contributed by atoms with Crippen molar-refractivity contribution in [2.75, 3.05) is 0 Å². The molecule has 0 heterocycles. The third-order valence-corrected chi connectivity index (χ3v) is 8.92. The van der Waals surface area contributed by atoms with Crippen molar-refractivity contribution in [3.05, 3.63) is 28.8 Å². The van der Waals surface area contributed by atoms with Crippen LogP contribution in [0.15, 0.2) is 12.1 Å². The Labute approximate surface area is 173 Å². The zero-order chi connectivity index (χ0) is 19.9. The summed E-state index contributed by atoms with van der Waals surface area (Å²) in [6, 6.07) is 4.01. The highest BCUT2D eigenvalue weighted by molar-refractivity contribution is 7.80. The van der Waals surface area contributed by atoms with Gasteiger partial charge in [0, 0.05) is 11.0 Å². The lowest BCUT2D eigenvalue weighted by Gasteiger charge is -2.65. The average molecular weight is 400 g/mol. The van der Waals surface area contributed by atoms with E-state index in [-0.39, 0.29) is 21.6 Å². The summed E-state index contributed by atoms with van der Waals surface area (Å²) in [7, 11) is 0. The van der Waals surface area contributed by atoms with Crippen molar-refractivity contribution in [2.24, 2.45) is 28.9 Å². The Hall–Kier alpha value is -1.13. The average Bonchev–Trinajstić information content (AvgIpc) is 3.41. The monoisotopic (exact) mass is 399 g/mol. The van der Waals surface area contributed by atoms with Crippen molar-refractivity contribution in [3.63, 3.8) is 0 Å². The lowest BCUT2D eigenvalue weighted by atomic mass is 9.41. The van der Waals surface area contributed by atoms with Crippen LogP contribution in [0.4, 0.5) is 0 Å². The van der Waals surface area contributed by atoms with Crippen LogP contribution in [0.5, 0.6) is 5.75 Å². The molecule has 3 nitrogen and oxygen atoms in total. The quantitative estimate of drug-likeness (QED) is 0.651. The van der Waals surface area contributed by atoms with Crippen molar-refractivity contribution >= 4 is 17.2 Å². The number of nitrogens with two attached hydrogens (primary N) is 1. The topological polar surface area (TPSA) is 66.5 Å². The van der Waals surface area contributed by atoms with Gasteiger partial charge in [-0.2, -0.15) is 0 Å². The number of aliphatic hydroxyl groups is 1. The first kappa shape index (κ1) is 18.9. The predicted octanol–water partition coefficient (Wildman–Crippen LogP) is 4.59. The van der Waals surface area contributed by atoms with E-state index in [1.165, 1.54) is 24.8 Å². The number of thiocarbonyl (C=S) groups is 1. The first-order valence-electron chi connectivity index (χ1n) is 11.0. The minimum absolute atomic E-state index is 0.153. The largest absolute Gasteiger partial charge is 0.507 e. The fraction of sp³-hybridized carbons (Fsp3) is 0.708. The van der Waals surface area contributed by atoms with E-state index in [2.05, 4.69) is 19.9 Å². The molecule has 3 saturated carbocycles. The second kappa shape index (κ2) is 5.95. The van der Waals surface area contributed by atoms with Crippen LogP contribution in [-0.4, -0.2) is 20.8 Å². The van der Waals surface area contributed by atoms with E-state index in [1.807, 2.05) is 6.07 Å². The van der Waals surface area contributed by atoms with Crippen molar-refractivity contribution < 1.29 is 10.2 Å². The van der Waals surface area contributed by atoms with Gasteiger partial charge in [0.1, 0.15) is 10.7 Å². The number of phenols is 1. The first-order chi connectivity index (χ1) is 13.2. The van der Waals surface area contributed by atoms with Crippen molar-refractivity contribution in [3.8, 4) is 5.75 Å². The van der Waals surface area contributed by atoms with Crippen molar-refractivity contribution in [1.29, 1.82) is 0 Å². The molecule has 5 rings (SSSR count). The third-order valence-electron chi connectivity index (χ3n) is 8.70. The minimum atomic E-state index is -0.723. The van der Waals surface area contributed by atoms with Crippen LogP contribution in [0, 0.1) is 23.2 Å². The maximum atomic E-state index is 12.3. The fourth-order valence-electron chi connectivity index (χ4n) is 7.30. The third kappa shape index (κ3) is 2.53. The van der Waals surface area contributed by atoms with Gasteiger partial charge in [0.15, 0.2) is 0 Å². The van der Waals surface area contributed by atoms with Crippen LogP contribution in [0.2, 0.25) is 0 Å². The van der Waals surface area contributed by atoms with E-state index in [0.29, 0.717) is 17.4 Å². The highest BCUT2D eigenvalue weighted by atomic mass is 32.1. The fourth-order valence-corrected chi connectivity index (χ4v) is 7.46. The Bertz CT molecular complexity index is 845. The summed E-state index contributed by atoms with van der Waals surface area (Å²) in [5, 5.41) is 23.6. The van der Waals surface area contributed by atoms with Crippen LogP contribution in [0.1, 0.15) is 81.9 Å². The highest BCUT2D eigenvalue weighted by Gasteiger charge is 2.66. The van der Waals surface area contributed by atoms with E-state index in [1.54, 1.807) is 0 Å². The SMILES string of the molecule is CC1(C)CC[C@@]2(O)[C@H]3Cc4ccc(C(N)=S)c(O)c4C2(CCC3CC2CC2)C1. The van der Waals surface area contributed by atoms with E-state index in [4.69, 9.17) is 18.0 Å². The van der Waals surface area contributed by atoms with E-state index in [0.717, 1.165) is 50.0 Å². The summed E-state index contributed by atoms with van der Waals surface area (Å²) >= 11 is 5.21. The van der Waals surface area contributed by atoms with Crippen LogP contribution < -0.4 is 5.73 Å². The van der Waals surface area contributed by atoms with Gasteiger partial charge in [-0.3, -0.25) is 0 Å². The second-order valence-corrected chi connectivity index (χ2v) is 11.4. The van der Waals surface area contributed by atoms with Crippen LogP contribution in [0.25, 0.3) is 0 Å². The number of aromatic hydroxyl groups is 1. The molecule has 2 unspecified atom stereocenters. The molecule has 2 bridgehead atoms. The molecule has 3 fully saturated rings. The summed E-state index contributed by atoms with van der Waals surface area (Å²) in [5.41, 5.74) is 7.72. The molecule has 152 valence electrons. The molecule has 1 aromatic carbocycles. The van der Waals surface area contributed by atoms with Gasteiger partial charge >= 0.3 is 0 Å². The van der Waals surface area contributed by atoms with Gasteiger partial charge in [-0.15, -0.1) is 0 Å². The minimum Gasteiger partial charge on any atom is -0.507 e. The molecule has 4 heteroatoms. The molecule has 0 spiro atoms. The van der Waals surface area contributed by atoms with Crippen LogP contribution in [-0.2, 0) is 11.8 Å². The molecule has 4 aliphatic rings. The summed E-state index contributed by atoms with van der Waals surface area (Å²) in [5.74, 6) is 2.03. The predicted molar refractivity (Wildman–Crippen MR) is 116 cm³/mol. The second-order valence-electron chi connectivity index (χ2n) is 11.0. The molecule has 4 aliphatic carbocycles. The summed E-state index contributed by atoms with van der Waals surface area (Å²) < 4.78 is 0. The molecule has 4 N–H and O–H groups in total. The van der Waals surface area contributed by atoms with Crippen LogP contribution >= 0.6 is 12.2 Å². The van der Waals surface area contributed by atoms with Gasteiger partial charge in [0.2, 0.25) is 0 Å².